The predicted octanol–water partition coefficient (Wildman–Crippen LogP) is 0.272. The van der Waals surface area contributed by atoms with E-state index in [9.17, 15) is 0 Å². The molecule has 1 aliphatic heterocycles. The molecule has 0 aromatic rings. The van der Waals surface area contributed by atoms with Crippen LogP contribution in [0.5, 0.6) is 0 Å². The van der Waals surface area contributed by atoms with Crippen molar-refractivity contribution in [1.29, 1.82) is 0 Å². The van der Waals surface area contributed by atoms with Crippen LogP contribution in [0.15, 0.2) is 11.8 Å². The minimum atomic E-state index is 1.05. The number of likely N-dealkylation sites (N-methyl/N-ethyl adjacent to an activating group) is 1. The van der Waals surface area contributed by atoms with Gasteiger partial charge in [0.2, 0.25) is 0 Å². The zero-order valence-corrected chi connectivity index (χ0v) is 7.59. The van der Waals surface area contributed by atoms with Crippen LogP contribution in [0, 0.1) is 0 Å². The van der Waals surface area contributed by atoms with Gasteiger partial charge in [0.25, 0.3) is 0 Å². The fraction of sp³-hybridized carbons (Fsp3) is 0.750. The minimum Gasteiger partial charge on any atom is -0.311 e. The van der Waals surface area contributed by atoms with Crippen molar-refractivity contribution in [3.05, 3.63) is 11.8 Å². The molecule has 1 rings (SSSR count). The number of rotatable bonds is 1. The van der Waals surface area contributed by atoms with E-state index in [1.165, 1.54) is 5.70 Å². The summed E-state index contributed by atoms with van der Waals surface area (Å²) in [4.78, 5) is 2.32. The normalized spacial score (nSPS) is 24.6. The van der Waals surface area contributed by atoms with Crippen LogP contribution in [-0.2, 0) is 0 Å². The third-order valence-corrected chi connectivity index (χ3v) is 2.09. The van der Waals surface area contributed by atoms with E-state index in [1.54, 1.807) is 0 Å². The quantitative estimate of drug-likeness (QED) is 0.586. The molecule has 1 N–H and O–H groups in total. The van der Waals surface area contributed by atoms with Gasteiger partial charge in [0.05, 0.1) is 0 Å². The van der Waals surface area contributed by atoms with Crippen molar-refractivity contribution in [3.63, 3.8) is 0 Å². The number of nitrogens with zero attached hydrogens (tertiary/aromatic N) is 2. The van der Waals surface area contributed by atoms with Gasteiger partial charge in [-0.25, -0.2) is 5.43 Å². The monoisotopic (exact) mass is 155 g/mol. The van der Waals surface area contributed by atoms with E-state index in [1.807, 2.05) is 7.05 Å². The minimum absolute atomic E-state index is 1.05. The first kappa shape index (κ1) is 8.56. The molecule has 0 amide bonds. The Morgan fingerprint density at radius 2 is 2.18 bits per heavy atom. The van der Waals surface area contributed by atoms with Crippen molar-refractivity contribution < 1.29 is 0 Å². The van der Waals surface area contributed by atoms with Gasteiger partial charge in [-0.2, -0.15) is 0 Å². The summed E-state index contributed by atoms with van der Waals surface area (Å²) in [7, 11) is 4.12. The Morgan fingerprint density at radius 3 is 2.73 bits per heavy atom. The van der Waals surface area contributed by atoms with E-state index < -0.39 is 0 Å². The first-order valence-corrected chi connectivity index (χ1v) is 4.06. The van der Waals surface area contributed by atoms with Gasteiger partial charge in [0.1, 0.15) is 0 Å². The number of piperazine rings is 1. The van der Waals surface area contributed by atoms with Crippen LogP contribution < -0.4 is 5.43 Å². The third kappa shape index (κ3) is 1.94. The standard InChI is InChI=1S/C8H17N3/c1-4-8-7-10(3)5-6-11(8)9-2/h4,9H,5-7H2,1-3H3/b8-4-. The van der Waals surface area contributed by atoms with E-state index in [0.29, 0.717) is 0 Å². The molecule has 1 fully saturated rings. The fourth-order valence-electron chi connectivity index (χ4n) is 1.36. The molecule has 0 unspecified atom stereocenters. The average Bonchev–Trinajstić information content (AvgIpc) is 2.04. The molecule has 64 valence electrons. The van der Waals surface area contributed by atoms with Gasteiger partial charge in [-0.05, 0) is 14.0 Å². The number of hydrogen-bond acceptors (Lipinski definition) is 3. The molecule has 11 heavy (non-hydrogen) atoms. The smallest absolute Gasteiger partial charge is 0.0468 e. The molecule has 0 aliphatic carbocycles. The average molecular weight is 155 g/mol. The highest BCUT2D eigenvalue weighted by molar-refractivity contribution is 5.03. The highest BCUT2D eigenvalue weighted by Gasteiger charge is 2.15. The molecule has 0 atom stereocenters. The van der Waals surface area contributed by atoms with Crippen LogP contribution in [0.3, 0.4) is 0 Å². The van der Waals surface area contributed by atoms with Crippen LogP contribution >= 0.6 is 0 Å². The molecule has 1 aliphatic rings. The maximum absolute atomic E-state index is 3.16. The van der Waals surface area contributed by atoms with Gasteiger partial charge >= 0.3 is 0 Å². The van der Waals surface area contributed by atoms with Crippen LogP contribution in [0.25, 0.3) is 0 Å². The van der Waals surface area contributed by atoms with Gasteiger partial charge in [0, 0.05) is 32.4 Å². The highest BCUT2D eigenvalue weighted by Crippen LogP contribution is 2.07. The maximum Gasteiger partial charge on any atom is 0.0468 e. The number of hydrazine groups is 1. The van der Waals surface area contributed by atoms with Crippen molar-refractivity contribution >= 4 is 0 Å². The predicted molar refractivity (Wildman–Crippen MR) is 47.0 cm³/mol. The number of nitrogens with one attached hydrogen (secondary N) is 1. The fourth-order valence-corrected chi connectivity index (χ4v) is 1.36. The molecule has 1 heterocycles. The van der Waals surface area contributed by atoms with E-state index in [-0.39, 0.29) is 0 Å². The van der Waals surface area contributed by atoms with Gasteiger partial charge in [-0.15, -0.1) is 0 Å². The summed E-state index contributed by atoms with van der Waals surface area (Å²) >= 11 is 0. The molecule has 3 nitrogen and oxygen atoms in total. The lowest BCUT2D eigenvalue weighted by molar-refractivity contribution is 0.164. The molecule has 1 saturated heterocycles. The number of allylic oxidation sites excluding steroid dienone is 1. The highest BCUT2D eigenvalue weighted by atomic mass is 15.5. The SMILES string of the molecule is C/C=C1/CN(C)CCN1NC. The van der Waals surface area contributed by atoms with E-state index in [2.05, 4.69) is 35.4 Å². The van der Waals surface area contributed by atoms with Gasteiger partial charge in [0.15, 0.2) is 0 Å². The van der Waals surface area contributed by atoms with Crippen molar-refractivity contribution in [3.8, 4) is 0 Å². The molecular formula is C8H17N3. The Labute approximate surface area is 68.6 Å². The molecular weight excluding hydrogens is 138 g/mol. The Bertz CT molecular complexity index is 153. The lowest BCUT2D eigenvalue weighted by Gasteiger charge is -2.35. The Balaban J connectivity index is 2.56. The molecule has 0 radical (unpaired) electrons. The number of hydrogen-bond donors (Lipinski definition) is 1. The second-order valence-corrected chi connectivity index (χ2v) is 2.89. The van der Waals surface area contributed by atoms with Crippen molar-refractivity contribution in [2.75, 3.05) is 33.7 Å². The molecule has 3 heteroatoms. The molecule has 0 bridgehead atoms. The van der Waals surface area contributed by atoms with Crippen molar-refractivity contribution in [2.45, 2.75) is 6.92 Å². The van der Waals surface area contributed by atoms with E-state index >= 15 is 0 Å². The lowest BCUT2D eigenvalue weighted by atomic mass is 10.3. The maximum atomic E-state index is 3.16. The van der Waals surface area contributed by atoms with E-state index in [4.69, 9.17) is 0 Å². The summed E-state index contributed by atoms with van der Waals surface area (Å²) in [5.41, 5.74) is 4.53. The Morgan fingerprint density at radius 1 is 1.45 bits per heavy atom. The van der Waals surface area contributed by atoms with Gasteiger partial charge < -0.3 is 5.01 Å². The summed E-state index contributed by atoms with van der Waals surface area (Å²) in [5.74, 6) is 0. The van der Waals surface area contributed by atoms with E-state index in [0.717, 1.165) is 19.6 Å². The third-order valence-electron chi connectivity index (χ3n) is 2.09. The van der Waals surface area contributed by atoms with Gasteiger partial charge in [-0.1, -0.05) is 6.08 Å². The first-order valence-electron chi connectivity index (χ1n) is 4.06. The molecule has 0 aromatic heterocycles. The summed E-state index contributed by atoms with van der Waals surface area (Å²) in [6.45, 7) is 5.35. The Hall–Kier alpha value is -0.540. The van der Waals surface area contributed by atoms with Crippen LogP contribution in [0.1, 0.15) is 6.92 Å². The van der Waals surface area contributed by atoms with Crippen molar-refractivity contribution in [1.82, 2.24) is 15.3 Å². The molecule has 0 spiro atoms. The second-order valence-electron chi connectivity index (χ2n) is 2.89. The second kappa shape index (κ2) is 3.74. The Kier molecular flexibility index (Phi) is 2.91. The van der Waals surface area contributed by atoms with Crippen LogP contribution in [-0.4, -0.2) is 43.6 Å². The largest absolute Gasteiger partial charge is 0.311 e. The van der Waals surface area contributed by atoms with Crippen LogP contribution in [0.2, 0.25) is 0 Å². The summed E-state index contributed by atoms with van der Waals surface area (Å²) in [5, 5.41) is 2.19. The summed E-state index contributed by atoms with van der Waals surface area (Å²) < 4.78 is 0. The summed E-state index contributed by atoms with van der Waals surface area (Å²) in [6.07, 6.45) is 2.16. The molecule has 0 aromatic carbocycles. The lowest BCUT2D eigenvalue weighted by Crippen LogP contribution is -2.47. The molecule has 0 saturated carbocycles. The van der Waals surface area contributed by atoms with Gasteiger partial charge in [-0.3, -0.25) is 4.90 Å². The zero-order valence-electron chi connectivity index (χ0n) is 7.59. The zero-order chi connectivity index (χ0) is 8.27. The first-order chi connectivity index (χ1) is 5.27. The summed E-state index contributed by atoms with van der Waals surface area (Å²) in [6, 6.07) is 0. The van der Waals surface area contributed by atoms with Crippen molar-refractivity contribution in [2.24, 2.45) is 0 Å². The van der Waals surface area contributed by atoms with Crippen LogP contribution in [0.4, 0.5) is 0 Å². The topological polar surface area (TPSA) is 18.5 Å².